The Morgan fingerprint density at radius 1 is 0.875 bits per heavy atom. The number of rotatable bonds is 7. The highest BCUT2D eigenvalue weighted by Crippen LogP contribution is 2.40. The SMILES string of the molecule is CC.CC.CC.CCC1(CC)CCOCC1.COC(=O)c1ccc(C2=C(C)c3ccccc3N(C(=O)c3ccc(NC(=O)c4cc(C)cnc4C)cc3)CC2)s1. The molecule has 2 aromatic carbocycles. The van der Waals surface area contributed by atoms with E-state index in [2.05, 4.69) is 31.1 Å². The van der Waals surface area contributed by atoms with Crippen molar-refractivity contribution in [2.45, 2.75) is 108 Å². The molecule has 2 aliphatic heterocycles. The number of amides is 2. The average Bonchev–Trinajstić information content (AvgIpc) is 3.70. The van der Waals surface area contributed by atoms with Gasteiger partial charge in [-0.2, -0.15) is 0 Å². The Hall–Kier alpha value is -4.60. The van der Waals surface area contributed by atoms with Gasteiger partial charge in [-0.3, -0.25) is 14.6 Å². The lowest BCUT2D eigenvalue weighted by Crippen LogP contribution is -2.32. The molecule has 304 valence electrons. The first-order valence-electron chi connectivity index (χ1n) is 20.3. The molecular weight excluding hydrogens is 719 g/mol. The molecule has 2 aliphatic rings. The molecule has 0 unspecified atom stereocenters. The topological polar surface area (TPSA) is 97.8 Å². The number of anilines is 2. The molecule has 2 amide bonds. The minimum atomic E-state index is -0.356. The van der Waals surface area contributed by atoms with Crippen molar-refractivity contribution in [3.8, 4) is 0 Å². The molecule has 1 saturated heterocycles. The number of methoxy groups -OCH3 is 1. The number of benzene rings is 2. The number of ether oxygens (including phenoxy) is 2. The summed E-state index contributed by atoms with van der Waals surface area (Å²) in [5.41, 5.74) is 7.82. The summed E-state index contributed by atoms with van der Waals surface area (Å²) in [6, 6.07) is 20.3. The van der Waals surface area contributed by atoms with Gasteiger partial charge in [0.1, 0.15) is 4.88 Å². The van der Waals surface area contributed by atoms with E-state index in [-0.39, 0.29) is 17.8 Å². The number of nitrogens with zero attached hydrogens (tertiary/aromatic N) is 2. The van der Waals surface area contributed by atoms with E-state index < -0.39 is 0 Å². The lowest BCUT2D eigenvalue weighted by atomic mass is 9.76. The molecule has 56 heavy (non-hydrogen) atoms. The molecular formula is C47H65N3O5S. The molecule has 0 atom stereocenters. The van der Waals surface area contributed by atoms with Crippen molar-refractivity contribution >= 4 is 51.6 Å². The third-order valence-corrected chi connectivity index (χ3v) is 11.2. The van der Waals surface area contributed by atoms with E-state index >= 15 is 0 Å². The lowest BCUT2D eigenvalue weighted by molar-refractivity contribution is 0.0105. The zero-order valence-electron chi connectivity index (χ0n) is 35.9. The van der Waals surface area contributed by atoms with E-state index in [0.29, 0.717) is 45.8 Å². The third kappa shape index (κ3) is 12.2. The highest BCUT2D eigenvalue weighted by molar-refractivity contribution is 7.15. The predicted octanol–water partition coefficient (Wildman–Crippen LogP) is 12.5. The van der Waals surface area contributed by atoms with Crippen LogP contribution in [0.5, 0.6) is 0 Å². The van der Waals surface area contributed by atoms with Crippen molar-refractivity contribution < 1.29 is 23.9 Å². The van der Waals surface area contributed by atoms with Gasteiger partial charge in [0.2, 0.25) is 0 Å². The van der Waals surface area contributed by atoms with Gasteiger partial charge in [0, 0.05) is 53.3 Å². The Labute approximate surface area is 340 Å². The van der Waals surface area contributed by atoms with Crippen LogP contribution in [0.2, 0.25) is 0 Å². The minimum Gasteiger partial charge on any atom is -0.465 e. The standard InChI is InChI=1S/C32H29N3O4S.C9H18O.3C2H6/c1-19-17-26(21(3)33-18-19)30(36)34-23-11-9-22(10-12-23)31(37)35-16-15-25(20(2)24-7-5-6-8-27(24)35)28-13-14-29(40-28)32(38)39-4;1-3-9(4-2)5-7-10-8-6-9;3*1-2/h5-14,17-18H,15-16H2,1-4H3,(H,34,36);3-8H2,1-2H3;3*1-2H3. The molecule has 6 rings (SSSR count). The fourth-order valence-electron chi connectivity index (χ4n) is 6.63. The van der Waals surface area contributed by atoms with Crippen molar-refractivity contribution in [3.05, 3.63) is 111 Å². The van der Waals surface area contributed by atoms with Crippen LogP contribution in [0.1, 0.15) is 147 Å². The number of hydrogen-bond donors (Lipinski definition) is 1. The normalized spacial score (nSPS) is 14.0. The Morgan fingerprint density at radius 2 is 1.50 bits per heavy atom. The first-order chi connectivity index (χ1) is 27.1. The molecule has 0 spiro atoms. The highest BCUT2D eigenvalue weighted by atomic mass is 32.1. The largest absolute Gasteiger partial charge is 0.465 e. The monoisotopic (exact) mass is 783 g/mol. The molecule has 4 aromatic rings. The number of esters is 1. The van der Waals surface area contributed by atoms with Gasteiger partial charge in [0.15, 0.2) is 0 Å². The van der Waals surface area contributed by atoms with Crippen molar-refractivity contribution in [2.75, 3.05) is 37.1 Å². The van der Waals surface area contributed by atoms with Crippen LogP contribution in [0.15, 0.2) is 72.9 Å². The maximum atomic E-state index is 13.8. The zero-order chi connectivity index (χ0) is 41.8. The van der Waals surface area contributed by atoms with Crippen LogP contribution in [0, 0.1) is 19.3 Å². The molecule has 0 saturated carbocycles. The summed E-state index contributed by atoms with van der Waals surface area (Å²) >= 11 is 1.40. The van der Waals surface area contributed by atoms with Gasteiger partial charge in [-0.05, 0) is 111 Å². The zero-order valence-corrected chi connectivity index (χ0v) is 36.7. The van der Waals surface area contributed by atoms with Gasteiger partial charge in [0.25, 0.3) is 11.8 Å². The van der Waals surface area contributed by atoms with Crippen LogP contribution in [0.25, 0.3) is 11.1 Å². The van der Waals surface area contributed by atoms with Crippen molar-refractivity contribution in [1.82, 2.24) is 4.98 Å². The molecule has 4 heterocycles. The molecule has 1 N–H and O–H groups in total. The van der Waals surface area contributed by atoms with E-state index in [1.54, 1.807) is 48.4 Å². The third-order valence-electron chi connectivity index (χ3n) is 10.1. The molecule has 0 radical (unpaired) electrons. The maximum absolute atomic E-state index is 13.8. The maximum Gasteiger partial charge on any atom is 0.348 e. The molecule has 0 bridgehead atoms. The number of nitrogens with one attached hydrogen (secondary N) is 1. The summed E-state index contributed by atoms with van der Waals surface area (Å²) in [7, 11) is 1.38. The molecule has 8 nitrogen and oxygen atoms in total. The predicted molar refractivity (Wildman–Crippen MR) is 236 cm³/mol. The van der Waals surface area contributed by atoms with E-state index in [1.807, 2.05) is 84.9 Å². The summed E-state index contributed by atoms with van der Waals surface area (Å²) < 4.78 is 10.2. The number of allylic oxidation sites excluding steroid dienone is 1. The van der Waals surface area contributed by atoms with Crippen LogP contribution < -0.4 is 10.2 Å². The fraction of sp³-hybridized carbons (Fsp3) is 0.447. The Kier molecular flexibility index (Phi) is 20.5. The van der Waals surface area contributed by atoms with Crippen LogP contribution in [-0.2, 0) is 9.47 Å². The number of thiophene rings is 1. The van der Waals surface area contributed by atoms with Crippen LogP contribution in [0.4, 0.5) is 11.4 Å². The van der Waals surface area contributed by atoms with Gasteiger partial charge in [-0.15, -0.1) is 11.3 Å². The number of para-hydroxylation sites is 1. The van der Waals surface area contributed by atoms with Gasteiger partial charge in [-0.25, -0.2) is 4.79 Å². The van der Waals surface area contributed by atoms with Gasteiger partial charge in [-0.1, -0.05) is 86.4 Å². The van der Waals surface area contributed by atoms with Gasteiger partial charge >= 0.3 is 5.97 Å². The number of aromatic nitrogens is 1. The number of carbonyl (C=O) groups excluding carboxylic acids is 3. The van der Waals surface area contributed by atoms with E-state index in [9.17, 15) is 14.4 Å². The number of hydrogen-bond acceptors (Lipinski definition) is 7. The Morgan fingerprint density at radius 3 is 2.09 bits per heavy atom. The van der Waals surface area contributed by atoms with E-state index in [0.717, 1.165) is 46.1 Å². The number of fused-ring (bicyclic) bond motifs is 1. The second kappa shape index (κ2) is 24.1. The number of pyridine rings is 1. The summed E-state index contributed by atoms with van der Waals surface area (Å²) in [6.07, 6.45) is 7.57. The summed E-state index contributed by atoms with van der Waals surface area (Å²) in [4.78, 5) is 46.2. The van der Waals surface area contributed by atoms with E-state index in [1.165, 1.54) is 44.1 Å². The van der Waals surface area contributed by atoms with Gasteiger partial charge in [0.05, 0.1) is 18.4 Å². The summed E-state index contributed by atoms with van der Waals surface area (Å²) in [5.74, 6) is -0.725. The second-order valence-electron chi connectivity index (χ2n) is 13.0. The summed E-state index contributed by atoms with van der Waals surface area (Å²) in [5, 5.41) is 2.90. The number of carbonyl (C=O) groups is 3. The Balaban J connectivity index is 0.000000574. The van der Waals surface area contributed by atoms with Gasteiger partial charge < -0.3 is 19.7 Å². The van der Waals surface area contributed by atoms with Crippen molar-refractivity contribution in [3.63, 3.8) is 0 Å². The van der Waals surface area contributed by atoms with Crippen molar-refractivity contribution in [2.24, 2.45) is 5.41 Å². The first-order valence-corrected chi connectivity index (χ1v) is 21.1. The lowest BCUT2D eigenvalue weighted by Gasteiger charge is -2.35. The van der Waals surface area contributed by atoms with Crippen LogP contribution in [0.3, 0.4) is 0 Å². The average molecular weight is 784 g/mol. The molecule has 2 aromatic heterocycles. The summed E-state index contributed by atoms with van der Waals surface area (Å²) in [6.45, 7) is 24.8. The van der Waals surface area contributed by atoms with E-state index in [4.69, 9.17) is 9.47 Å². The number of aryl methyl sites for hydroxylation is 2. The van der Waals surface area contributed by atoms with Crippen molar-refractivity contribution in [1.29, 1.82) is 0 Å². The van der Waals surface area contributed by atoms with Crippen LogP contribution >= 0.6 is 11.3 Å². The quantitative estimate of drug-likeness (QED) is 0.187. The molecule has 1 fully saturated rings. The highest BCUT2D eigenvalue weighted by Gasteiger charge is 2.28. The molecule has 9 heteroatoms. The minimum absolute atomic E-state index is 0.125. The second-order valence-corrected chi connectivity index (χ2v) is 14.1. The smallest absolute Gasteiger partial charge is 0.348 e. The Bertz CT molecular complexity index is 1870. The first kappa shape index (κ1) is 47.6. The fourth-order valence-corrected chi connectivity index (χ4v) is 7.68. The van der Waals surface area contributed by atoms with Crippen LogP contribution in [-0.4, -0.2) is 49.6 Å². The molecule has 0 aliphatic carbocycles.